The molecule has 1 amide bonds. The molecule has 0 heterocycles. The van der Waals surface area contributed by atoms with Crippen molar-refractivity contribution in [3.8, 4) is 0 Å². The fourth-order valence-corrected chi connectivity index (χ4v) is 1.27. The first-order valence-electron chi connectivity index (χ1n) is 5.04. The van der Waals surface area contributed by atoms with Crippen LogP contribution in [-0.4, -0.2) is 11.7 Å². The van der Waals surface area contributed by atoms with E-state index >= 15 is 0 Å². The van der Waals surface area contributed by atoms with Gasteiger partial charge in [0.15, 0.2) is 5.78 Å². The standard InChI is InChI=1S/C12H15NO2.H2/c1-3-5-12(15)13-11-7-4-6-10(8-11)9(2)14;/h4,6-8H,3,5H2,1-2H3,(H,13,15);1H. The minimum absolute atomic E-state index is 0. The molecule has 0 atom stereocenters. The molecule has 0 spiro atoms. The Kier molecular flexibility index (Phi) is 4.03. The summed E-state index contributed by atoms with van der Waals surface area (Å²) in [6.45, 7) is 3.46. The summed E-state index contributed by atoms with van der Waals surface area (Å²) < 4.78 is 0. The van der Waals surface area contributed by atoms with Gasteiger partial charge in [0.25, 0.3) is 0 Å². The number of anilines is 1. The van der Waals surface area contributed by atoms with Crippen molar-refractivity contribution in [3.63, 3.8) is 0 Å². The molecular weight excluding hydrogens is 190 g/mol. The quantitative estimate of drug-likeness (QED) is 0.771. The Hall–Kier alpha value is -1.64. The van der Waals surface area contributed by atoms with Crippen molar-refractivity contribution in [2.75, 3.05) is 5.32 Å². The number of ketones is 1. The number of benzene rings is 1. The van der Waals surface area contributed by atoms with E-state index in [0.29, 0.717) is 17.7 Å². The molecule has 0 aliphatic carbocycles. The van der Waals surface area contributed by atoms with Crippen LogP contribution < -0.4 is 5.32 Å². The van der Waals surface area contributed by atoms with Gasteiger partial charge in [-0.1, -0.05) is 19.1 Å². The maximum Gasteiger partial charge on any atom is 0.224 e. The number of amides is 1. The number of rotatable bonds is 4. The van der Waals surface area contributed by atoms with E-state index in [-0.39, 0.29) is 13.1 Å². The van der Waals surface area contributed by atoms with E-state index in [1.54, 1.807) is 24.3 Å². The van der Waals surface area contributed by atoms with Crippen molar-refractivity contribution in [1.82, 2.24) is 0 Å². The SMILES string of the molecule is CCCC(=O)Nc1cccc(C(C)=O)c1.[HH]. The summed E-state index contributed by atoms with van der Waals surface area (Å²) in [7, 11) is 0. The molecule has 1 aromatic carbocycles. The van der Waals surface area contributed by atoms with Crippen LogP contribution >= 0.6 is 0 Å². The third-order valence-electron chi connectivity index (χ3n) is 2.03. The van der Waals surface area contributed by atoms with E-state index in [4.69, 9.17) is 0 Å². The van der Waals surface area contributed by atoms with Gasteiger partial charge < -0.3 is 5.32 Å². The van der Waals surface area contributed by atoms with Crippen molar-refractivity contribution in [1.29, 1.82) is 0 Å². The lowest BCUT2D eigenvalue weighted by Crippen LogP contribution is -2.10. The summed E-state index contributed by atoms with van der Waals surface area (Å²) in [6, 6.07) is 6.96. The summed E-state index contributed by atoms with van der Waals surface area (Å²) in [5, 5.41) is 2.75. The van der Waals surface area contributed by atoms with Crippen LogP contribution in [0.5, 0.6) is 0 Å². The van der Waals surface area contributed by atoms with Crippen molar-refractivity contribution in [2.45, 2.75) is 26.7 Å². The van der Waals surface area contributed by atoms with Crippen molar-refractivity contribution < 1.29 is 11.0 Å². The lowest BCUT2D eigenvalue weighted by molar-refractivity contribution is -0.116. The van der Waals surface area contributed by atoms with Gasteiger partial charge in [-0.15, -0.1) is 0 Å². The highest BCUT2D eigenvalue weighted by molar-refractivity contribution is 5.97. The predicted octanol–water partition coefficient (Wildman–Crippen LogP) is 2.87. The Morgan fingerprint density at radius 2 is 2.13 bits per heavy atom. The van der Waals surface area contributed by atoms with E-state index in [0.717, 1.165) is 6.42 Å². The first-order valence-corrected chi connectivity index (χ1v) is 5.04. The van der Waals surface area contributed by atoms with Gasteiger partial charge in [0.05, 0.1) is 0 Å². The molecule has 3 heteroatoms. The number of carbonyl (C=O) groups is 2. The van der Waals surface area contributed by atoms with E-state index in [2.05, 4.69) is 5.32 Å². The van der Waals surface area contributed by atoms with Gasteiger partial charge in [-0.05, 0) is 25.5 Å². The lowest BCUT2D eigenvalue weighted by atomic mass is 10.1. The second-order valence-corrected chi connectivity index (χ2v) is 3.44. The van der Waals surface area contributed by atoms with Gasteiger partial charge in [0, 0.05) is 19.1 Å². The smallest absolute Gasteiger partial charge is 0.224 e. The van der Waals surface area contributed by atoms with E-state index in [1.807, 2.05) is 6.92 Å². The molecule has 3 nitrogen and oxygen atoms in total. The zero-order chi connectivity index (χ0) is 11.3. The third-order valence-corrected chi connectivity index (χ3v) is 2.03. The van der Waals surface area contributed by atoms with Gasteiger partial charge in [-0.2, -0.15) is 0 Å². The van der Waals surface area contributed by atoms with Crippen LogP contribution in [0.3, 0.4) is 0 Å². The van der Waals surface area contributed by atoms with Crippen molar-refractivity contribution in [3.05, 3.63) is 29.8 Å². The van der Waals surface area contributed by atoms with Gasteiger partial charge in [0.1, 0.15) is 0 Å². The molecule has 1 N–H and O–H groups in total. The summed E-state index contributed by atoms with van der Waals surface area (Å²) in [5.41, 5.74) is 1.30. The number of hydrogen-bond acceptors (Lipinski definition) is 2. The summed E-state index contributed by atoms with van der Waals surface area (Å²) >= 11 is 0. The maximum atomic E-state index is 11.3. The molecule has 0 radical (unpaired) electrons. The van der Waals surface area contributed by atoms with Gasteiger partial charge >= 0.3 is 0 Å². The highest BCUT2D eigenvalue weighted by Gasteiger charge is 2.03. The molecule has 0 aromatic heterocycles. The van der Waals surface area contributed by atoms with E-state index < -0.39 is 0 Å². The minimum Gasteiger partial charge on any atom is -0.326 e. The second kappa shape index (κ2) is 5.29. The zero-order valence-electron chi connectivity index (χ0n) is 9.04. The fraction of sp³-hybridized carbons (Fsp3) is 0.333. The normalized spacial score (nSPS) is 9.73. The van der Waals surface area contributed by atoms with Gasteiger partial charge in [0.2, 0.25) is 5.91 Å². The van der Waals surface area contributed by atoms with E-state index in [1.165, 1.54) is 6.92 Å². The zero-order valence-corrected chi connectivity index (χ0v) is 9.04. The van der Waals surface area contributed by atoms with Crippen LogP contribution in [0.1, 0.15) is 38.5 Å². The molecular formula is C12H17NO2. The summed E-state index contributed by atoms with van der Waals surface area (Å²) in [4.78, 5) is 22.4. The highest BCUT2D eigenvalue weighted by Crippen LogP contribution is 2.11. The lowest BCUT2D eigenvalue weighted by Gasteiger charge is -2.05. The number of carbonyl (C=O) groups excluding carboxylic acids is 2. The second-order valence-electron chi connectivity index (χ2n) is 3.44. The Labute approximate surface area is 91.0 Å². The molecule has 0 aliphatic rings. The number of nitrogens with one attached hydrogen (secondary N) is 1. The van der Waals surface area contributed by atoms with Gasteiger partial charge in [-0.3, -0.25) is 9.59 Å². The Morgan fingerprint density at radius 3 is 2.73 bits per heavy atom. The average Bonchev–Trinajstić information content (AvgIpc) is 2.18. The Morgan fingerprint density at radius 1 is 1.40 bits per heavy atom. The molecule has 0 unspecified atom stereocenters. The van der Waals surface area contributed by atoms with Crippen molar-refractivity contribution in [2.24, 2.45) is 0 Å². The largest absolute Gasteiger partial charge is 0.326 e. The molecule has 0 saturated heterocycles. The third kappa shape index (κ3) is 3.54. The van der Waals surface area contributed by atoms with E-state index in [9.17, 15) is 9.59 Å². The Balaban J connectivity index is 0.00000225. The predicted molar refractivity (Wildman–Crippen MR) is 62.1 cm³/mol. The average molecular weight is 207 g/mol. The minimum atomic E-state index is -0.0156. The van der Waals surface area contributed by atoms with Crippen molar-refractivity contribution >= 4 is 17.4 Å². The summed E-state index contributed by atoms with van der Waals surface area (Å²) in [5.74, 6) is -0.0141. The van der Waals surface area contributed by atoms with Crippen LogP contribution in [0, 0.1) is 0 Å². The Bertz CT molecular complexity index is 377. The molecule has 0 fully saturated rings. The fourth-order valence-electron chi connectivity index (χ4n) is 1.27. The molecule has 1 aromatic rings. The molecule has 0 saturated carbocycles. The van der Waals surface area contributed by atoms with Gasteiger partial charge in [-0.25, -0.2) is 0 Å². The monoisotopic (exact) mass is 207 g/mol. The molecule has 0 aliphatic heterocycles. The van der Waals surface area contributed by atoms with Crippen LogP contribution in [0.2, 0.25) is 0 Å². The molecule has 1 rings (SSSR count). The van der Waals surface area contributed by atoms with Crippen LogP contribution in [0.15, 0.2) is 24.3 Å². The topological polar surface area (TPSA) is 46.2 Å². The number of hydrogen-bond donors (Lipinski definition) is 1. The van der Waals surface area contributed by atoms with Crippen LogP contribution in [0.4, 0.5) is 5.69 Å². The molecule has 15 heavy (non-hydrogen) atoms. The summed E-state index contributed by atoms with van der Waals surface area (Å²) in [6.07, 6.45) is 1.32. The molecule has 82 valence electrons. The highest BCUT2D eigenvalue weighted by atomic mass is 16.1. The van der Waals surface area contributed by atoms with Crippen LogP contribution in [-0.2, 0) is 4.79 Å². The number of Topliss-reactive ketones (excluding diaryl/α,β-unsaturated/α-hetero) is 1. The maximum absolute atomic E-state index is 11.3. The first-order chi connectivity index (χ1) is 7.13. The van der Waals surface area contributed by atoms with Crippen LogP contribution in [0.25, 0.3) is 0 Å². The first kappa shape index (κ1) is 11.4. The molecule has 0 bridgehead atoms.